The maximum atomic E-state index is 5.17. The van der Waals surface area contributed by atoms with Gasteiger partial charge in [-0.15, -0.1) is 0 Å². The fourth-order valence-electron chi connectivity index (χ4n) is 1.68. The first-order valence-electron chi connectivity index (χ1n) is 6.48. The van der Waals surface area contributed by atoms with E-state index in [4.69, 9.17) is 17.0 Å². The fraction of sp³-hybridized carbons (Fsp3) is 0.125. The Morgan fingerprint density at radius 3 is 2.67 bits per heavy atom. The van der Waals surface area contributed by atoms with Gasteiger partial charge in [0.2, 0.25) is 0 Å². The Morgan fingerprint density at radius 1 is 1.19 bits per heavy atom. The van der Waals surface area contributed by atoms with Gasteiger partial charge in [-0.1, -0.05) is 29.8 Å². The third kappa shape index (κ3) is 4.89. The van der Waals surface area contributed by atoms with Crippen LogP contribution in [0.5, 0.6) is 5.75 Å². The monoisotopic (exact) mass is 299 g/mol. The first kappa shape index (κ1) is 15.0. The SMILES string of the molecule is COc1cccc(/C=N\NC(=S)Nc2ccc(C)cc2)c1. The standard InChI is InChI=1S/C16H17N3OS/c1-12-6-8-14(9-7-12)18-16(21)19-17-11-13-4-3-5-15(10-13)20-2/h3-11H,1-2H3,(H2,18,19,21)/b17-11-. The second-order valence-electron chi connectivity index (χ2n) is 4.47. The first-order chi connectivity index (χ1) is 10.2. The Morgan fingerprint density at radius 2 is 1.95 bits per heavy atom. The lowest BCUT2D eigenvalue weighted by molar-refractivity contribution is 0.415. The summed E-state index contributed by atoms with van der Waals surface area (Å²) in [5.41, 5.74) is 5.84. The summed E-state index contributed by atoms with van der Waals surface area (Å²) in [5.74, 6) is 0.791. The van der Waals surface area contributed by atoms with Crippen LogP contribution in [0.2, 0.25) is 0 Å². The van der Waals surface area contributed by atoms with E-state index in [9.17, 15) is 0 Å². The van der Waals surface area contributed by atoms with Gasteiger partial charge < -0.3 is 10.1 Å². The normalized spacial score (nSPS) is 10.4. The summed E-state index contributed by atoms with van der Waals surface area (Å²) in [7, 11) is 1.63. The summed E-state index contributed by atoms with van der Waals surface area (Å²) in [6, 6.07) is 15.6. The molecule has 0 aliphatic carbocycles. The van der Waals surface area contributed by atoms with Crippen molar-refractivity contribution in [3.8, 4) is 5.75 Å². The summed E-state index contributed by atoms with van der Waals surface area (Å²) in [5, 5.41) is 7.60. The molecule has 2 aromatic rings. The Kier molecular flexibility index (Phi) is 5.29. The smallest absolute Gasteiger partial charge is 0.191 e. The molecule has 4 nitrogen and oxygen atoms in total. The summed E-state index contributed by atoms with van der Waals surface area (Å²) < 4.78 is 5.15. The predicted octanol–water partition coefficient (Wildman–Crippen LogP) is 3.32. The molecular formula is C16H17N3OS. The number of hydrogen-bond donors (Lipinski definition) is 2. The zero-order chi connectivity index (χ0) is 15.1. The van der Waals surface area contributed by atoms with Crippen molar-refractivity contribution >= 4 is 29.2 Å². The van der Waals surface area contributed by atoms with Gasteiger partial charge in [-0.2, -0.15) is 5.10 Å². The summed E-state index contributed by atoms with van der Waals surface area (Å²) in [6.07, 6.45) is 1.69. The van der Waals surface area contributed by atoms with Crippen molar-refractivity contribution in [2.24, 2.45) is 5.10 Å². The second kappa shape index (κ2) is 7.40. The lowest BCUT2D eigenvalue weighted by Gasteiger charge is -2.07. The van der Waals surface area contributed by atoms with Crippen LogP contribution in [-0.2, 0) is 0 Å². The van der Waals surface area contributed by atoms with E-state index in [1.54, 1.807) is 13.3 Å². The van der Waals surface area contributed by atoms with Crippen molar-refractivity contribution in [2.45, 2.75) is 6.92 Å². The number of ether oxygens (including phenoxy) is 1. The molecule has 5 heteroatoms. The topological polar surface area (TPSA) is 45.6 Å². The van der Waals surface area contributed by atoms with Gasteiger partial charge >= 0.3 is 0 Å². The van der Waals surface area contributed by atoms with E-state index in [2.05, 4.69) is 15.8 Å². The van der Waals surface area contributed by atoms with Gasteiger partial charge in [0.1, 0.15) is 5.75 Å². The van der Waals surface area contributed by atoms with Crippen LogP contribution in [0.25, 0.3) is 0 Å². The molecule has 2 rings (SSSR count). The third-order valence-corrected chi connectivity index (χ3v) is 2.98. The molecule has 0 saturated carbocycles. The lowest BCUT2D eigenvalue weighted by atomic mass is 10.2. The zero-order valence-corrected chi connectivity index (χ0v) is 12.8. The number of aryl methyl sites for hydroxylation is 1. The molecular weight excluding hydrogens is 282 g/mol. The van der Waals surface area contributed by atoms with Crippen LogP contribution in [0.3, 0.4) is 0 Å². The van der Waals surface area contributed by atoms with Gasteiger partial charge in [0, 0.05) is 5.69 Å². The maximum Gasteiger partial charge on any atom is 0.191 e. The molecule has 0 fully saturated rings. The van der Waals surface area contributed by atoms with Crippen molar-refractivity contribution in [1.29, 1.82) is 0 Å². The molecule has 0 aliphatic rings. The third-order valence-electron chi connectivity index (χ3n) is 2.78. The van der Waals surface area contributed by atoms with Crippen LogP contribution >= 0.6 is 12.2 Å². The fourth-order valence-corrected chi connectivity index (χ4v) is 1.85. The molecule has 0 saturated heterocycles. The minimum Gasteiger partial charge on any atom is -0.497 e. The van der Waals surface area contributed by atoms with E-state index in [0.717, 1.165) is 17.0 Å². The van der Waals surface area contributed by atoms with Crippen molar-refractivity contribution in [2.75, 3.05) is 12.4 Å². The molecule has 0 bridgehead atoms. The van der Waals surface area contributed by atoms with Crippen LogP contribution in [-0.4, -0.2) is 18.4 Å². The van der Waals surface area contributed by atoms with E-state index in [1.165, 1.54) is 5.56 Å². The molecule has 0 heterocycles. The first-order valence-corrected chi connectivity index (χ1v) is 6.89. The van der Waals surface area contributed by atoms with Crippen molar-refractivity contribution in [3.63, 3.8) is 0 Å². The van der Waals surface area contributed by atoms with E-state index >= 15 is 0 Å². The maximum absolute atomic E-state index is 5.17. The number of nitrogens with zero attached hydrogens (tertiary/aromatic N) is 1. The number of benzene rings is 2. The van der Waals surface area contributed by atoms with Crippen LogP contribution in [0.15, 0.2) is 53.6 Å². The highest BCUT2D eigenvalue weighted by Crippen LogP contribution is 2.11. The minimum atomic E-state index is 0.443. The minimum absolute atomic E-state index is 0.443. The molecule has 2 N–H and O–H groups in total. The molecule has 0 unspecified atom stereocenters. The van der Waals surface area contributed by atoms with Gasteiger partial charge in [-0.25, -0.2) is 0 Å². The van der Waals surface area contributed by atoms with Crippen molar-refractivity contribution in [1.82, 2.24) is 5.43 Å². The molecule has 0 spiro atoms. The van der Waals surface area contributed by atoms with Gasteiger partial charge in [0.05, 0.1) is 13.3 Å². The quantitative estimate of drug-likeness (QED) is 0.516. The molecule has 108 valence electrons. The molecule has 0 aromatic heterocycles. The van der Waals surface area contributed by atoms with Gasteiger partial charge in [0.25, 0.3) is 0 Å². The Balaban J connectivity index is 1.88. The molecule has 2 aromatic carbocycles. The number of hydrogen-bond acceptors (Lipinski definition) is 3. The highest BCUT2D eigenvalue weighted by Gasteiger charge is 1.96. The summed E-state index contributed by atoms with van der Waals surface area (Å²) in [4.78, 5) is 0. The average Bonchev–Trinajstić information content (AvgIpc) is 2.50. The van der Waals surface area contributed by atoms with Crippen LogP contribution in [0.1, 0.15) is 11.1 Å². The Labute approximate surface area is 129 Å². The summed E-state index contributed by atoms with van der Waals surface area (Å²) in [6.45, 7) is 2.04. The van der Waals surface area contributed by atoms with E-state index in [-0.39, 0.29) is 0 Å². The van der Waals surface area contributed by atoms with E-state index in [0.29, 0.717) is 5.11 Å². The van der Waals surface area contributed by atoms with E-state index < -0.39 is 0 Å². The highest BCUT2D eigenvalue weighted by molar-refractivity contribution is 7.80. The van der Waals surface area contributed by atoms with Gasteiger partial charge in [0.15, 0.2) is 5.11 Å². The predicted molar refractivity (Wildman–Crippen MR) is 91.1 cm³/mol. The van der Waals surface area contributed by atoms with Crippen molar-refractivity contribution < 1.29 is 4.74 Å². The molecule has 0 amide bonds. The number of rotatable bonds is 4. The number of thiocarbonyl (C=S) groups is 1. The van der Waals surface area contributed by atoms with Crippen molar-refractivity contribution in [3.05, 3.63) is 59.7 Å². The number of anilines is 1. The van der Waals surface area contributed by atoms with Crippen LogP contribution < -0.4 is 15.5 Å². The number of nitrogens with one attached hydrogen (secondary N) is 2. The van der Waals surface area contributed by atoms with Gasteiger partial charge in [-0.05, 0) is 49.0 Å². The number of hydrazone groups is 1. The van der Waals surface area contributed by atoms with Crippen LogP contribution in [0, 0.1) is 6.92 Å². The Bertz CT molecular complexity index is 638. The Hall–Kier alpha value is -2.40. The molecule has 0 radical (unpaired) electrons. The van der Waals surface area contributed by atoms with Gasteiger partial charge in [-0.3, -0.25) is 5.43 Å². The largest absolute Gasteiger partial charge is 0.497 e. The van der Waals surface area contributed by atoms with E-state index in [1.807, 2.05) is 55.5 Å². The molecule has 21 heavy (non-hydrogen) atoms. The molecule has 0 aliphatic heterocycles. The highest BCUT2D eigenvalue weighted by atomic mass is 32.1. The van der Waals surface area contributed by atoms with Crippen LogP contribution in [0.4, 0.5) is 5.69 Å². The second-order valence-corrected chi connectivity index (χ2v) is 4.88. The number of methoxy groups -OCH3 is 1. The summed E-state index contributed by atoms with van der Waals surface area (Å²) >= 11 is 5.17. The molecule has 0 atom stereocenters. The zero-order valence-electron chi connectivity index (χ0n) is 12.0. The average molecular weight is 299 g/mol. The lowest BCUT2D eigenvalue weighted by Crippen LogP contribution is -2.23.